The molecule has 1 aliphatic heterocycles. The largest absolute Gasteiger partial charge is 0.367 e. The summed E-state index contributed by atoms with van der Waals surface area (Å²) in [5.74, 6) is -0.606. The van der Waals surface area contributed by atoms with E-state index in [4.69, 9.17) is 0 Å². The summed E-state index contributed by atoms with van der Waals surface area (Å²) in [7, 11) is 0. The predicted octanol–water partition coefficient (Wildman–Crippen LogP) is 3.27. The number of rotatable bonds is 8. The van der Waals surface area contributed by atoms with Crippen LogP contribution in [0.15, 0.2) is 72.4 Å². The highest BCUT2D eigenvalue weighted by Crippen LogP contribution is 2.26. The molecule has 1 fully saturated rings. The van der Waals surface area contributed by atoms with Gasteiger partial charge in [0.25, 0.3) is 5.56 Å². The van der Waals surface area contributed by atoms with Crippen molar-refractivity contribution >= 4 is 40.0 Å². The number of carbonyl (C=O) groups is 1. The lowest BCUT2D eigenvalue weighted by Crippen LogP contribution is -2.47. The Morgan fingerprint density at radius 3 is 2.64 bits per heavy atom. The molecule has 12 heteroatoms. The second-order valence-electron chi connectivity index (χ2n) is 8.90. The second kappa shape index (κ2) is 11.4. The zero-order chi connectivity index (χ0) is 27.4. The molecule has 2 N–H and O–H groups in total. The monoisotopic (exact) mass is 532 g/mol. The summed E-state index contributed by atoms with van der Waals surface area (Å²) < 4.78 is 29.2. The molecule has 10 nitrogen and oxygen atoms in total. The number of carbonyl (C=O) groups excluding carboxylic acids is 1. The van der Waals surface area contributed by atoms with Gasteiger partial charge in [-0.05, 0) is 42.5 Å². The molecule has 0 atom stereocenters. The van der Waals surface area contributed by atoms with Crippen LogP contribution in [0.4, 0.5) is 31.8 Å². The van der Waals surface area contributed by atoms with Crippen LogP contribution in [0.1, 0.15) is 0 Å². The molecule has 1 saturated heterocycles. The van der Waals surface area contributed by atoms with E-state index in [1.807, 2.05) is 9.80 Å². The van der Waals surface area contributed by atoms with E-state index in [0.29, 0.717) is 55.5 Å². The first-order chi connectivity index (χ1) is 18.9. The number of amides is 1. The quantitative estimate of drug-likeness (QED) is 0.333. The minimum atomic E-state index is -0.495. The van der Waals surface area contributed by atoms with Gasteiger partial charge in [-0.1, -0.05) is 12.6 Å². The van der Waals surface area contributed by atoms with Gasteiger partial charge in [0.15, 0.2) is 5.65 Å². The van der Waals surface area contributed by atoms with Gasteiger partial charge in [-0.2, -0.15) is 9.97 Å². The number of aromatic nitrogens is 4. The molecule has 4 aromatic rings. The summed E-state index contributed by atoms with van der Waals surface area (Å²) in [5.41, 5.74) is 1.82. The molecule has 39 heavy (non-hydrogen) atoms. The maximum atomic E-state index is 15.0. The van der Waals surface area contributed by atoms with Gasteiger partial charge in [0.1, 0.15) is 24.2 Å². The van der Waals surface area contributed by atoms with E-state index in [1.54, 1.807) is 41.0 Å². The first-order valence-corrected chi connectivity index (χ1v) is 12.3. The van der Waals surface area contributed by atoms with Crippen molar-refractivity contribution in [1.82, 2.24) is 24.4 Å². The average Bonchev–Trinajstić information content (AvgIpc) is 2.94. The third kappa shape index (κ3) is 5.75. The fraction of sp³-hybridized carbons (Fsp3) is 0.222. The molecule has 0 spiro atoms. The molecular weight excluding hydrogens is 506 g/mol. The second-order valence-corrected chi connectivity index (χ2v) is 8.90. The topological polar surface area (TPSA) is 108 Å². The van der Waals surface area contributed by atoms with E-state index in [-0.39, 0.29) is 22.9 Å². The number of nitrogens with one attached hydrogen (secondary N) is 2. The van der Waals surface area contributed by atoms with Gasteiger partial charge in [-0.15, -0.1) is 0 Å². The van der Waals surface area contributed by atoms with Gasteiger partial charge < -0.3 is 15.5 Å². The lowest BCUT2D eigenvalue weighted by molar-refractivity contribution is -0.111. The van der Waals surface area contributed by atoms with Crippen LogP contribution < -0.4 is 21.1 Å². The van der Waals surface area contributed by atoms with Crippen LogP contribution in [0.3, 0.4) is 0 Å². The van der Waals surface area contributed by atoms with Crippen molar-refractivity contribution in [1.29, 1.82) is 0 Å². The van der Waals surface area contributed by atoms with Crippen LogP contribution >= 0.6 is 0 Å². The predicted molar refractivity (Wildman–Crippen MR) is 146 cm³/mol. The highest BCUT2D eigenvalue weighted by atomic mass is 19.1. The fourth-order valence-electron chi connectivity index (χ4n) is 4.42. The Balaban J connectivity index is 1.40. The number of alkyl halides is 1. The van der Waals surface area contributed by atoms with Crippen molar-refractivity contribution in [2.45, 2.75) is 0 Å². The molecule has 2 aromatic carbocycles. The Kier molecular flexibility index (Phi) is 7.55. The fourth-order valence-corrected chi connectivity index (χ4v) is 4.42. The number of fused-ring (bicyclic) bond motifs is 1. The first kappa shape index (κ1) is 25.9. The Morgan fingerprint density at radius 2 is 1.90 bits per heavy atom. The van der Waals surface area contributed by atoms with E-state index in [1.165, 1.54) is 24.7 Å². The van der Waals surface area contributed by atoms with Gasteiger partial charge >= 0.3 is 0 Å². The molecule has 200 valence electrons. The number of hydrogen-bond acceptors (Lipinski definition) is 8. The lowest BCUT2D eigenvalue weighted by atomic mass is 10.2. The van der Waals surface area contributed by atoms with Crippen molar-refractivity contribution in [2.75, 3.05) is 54.9 Å². The minimum Gasteiger partial charge on any atom is -0.367 e. The third-order valence-electron chi connectivity index (χ3n) is 6.41. The van der Waals surface area contributed by atoms with Crippen molar-refractivity contribution in [3.8, 4) is 5.69 Å². The van der Waals surface area contributed by atoms with Crippen LogP contribution in [-0.2, 0) is 4.79 Å². The summed E-state index contributed by atoms with van der Waals surface area (Å²) in [6.07, 6.45) is 3.87. The summed E-state index contributed by atoms with van der Waals surface area (Å²) in [6, 6.07) is 11.7. The highest BCUT2D eigenvalue weighted by molar-refractivity contribution is 5.99. The van der Waals surface area contributed by atoms with Gasteiger partial charge in [-0.25, -0.2) is 13.8 Å². The van der Waals surface area contributed by atoms with Crippen molar-refractivity contribution in [3.63, 3.8) is 0 Å². The standard InChI is InChI=1S/C27H26F2N8O2/c1-2-24(38)32-18-4-3-5-20(14-18)37-17-31-26(39)21-16-30-27(34-25(21)37)33-19-6-7-23(22(29)15-19)36-12-10-35(9-8-28)11-13-36/h2-7,14-17H,1,8-13H2,(H,32,38)(H,30,33,34). The Morgan fingerprint density at radius 1 is 1.08 bits per heavy atom. The highest BCUT2D eigenvalue weighted by Gasteiger charge is 2.20. The molecular formula is C27H26F2N8O2. The summed E-state index contributed by atoms with van der Waals surface area (Å²) in [4.78, 5) is 40.7. The normalized spacial score (nSPS) is 13.8. The third-order valence-corrected chi connectivity index (χ3v) is 6.41. The molecule has 2 aromatic heterocycles. The van der Waals surface area contributed by atoms with Gasteiger partial charge in [-0.3, -0.25) is 19.1 Å². The van der Waals surface area contributed by atoms with E-state index >= 15 is 4.39 Å². The SMILES string of the molecule is C=CC(=O)Nc1cccc(-n2cnc(=O)c3cnc(Nc4ccc(N5CCN(CCF)CC5)c(F)c4)nc32)c1. The molecule has 1 amide bonds. The van der Waals surface area contributed by atoms with Crippen LogP contribution in [0, 0.1) is 5.82 Å². The molecule has 0 radical (unpaired) electrons. The molecule has 0 saturated carbocycles. The molecule has 0 unspecified atom stereocenters. The lowest BCUT2D eigenvalue weighted by Gasteiger charge is -2.35. The van der Waals surface area contributed by atoms with Gasteiger partial charge in [0, 0.05) is 50.3 Å². The Hall–Kier alpha value is -4.71. The van der Waals surface area contributed by atoms with E-state index in [9.17, 15) is 14.0 Å². The van der Waals surface area contributed by atoms with Crippen LogP contribution in [0.25, 0.3) is 16.7 Å². The average molecular weight is 533 g/mol. The number of piperazine rings is 1. The number of benzene rings is 2. The Bertz CT molecular complexity index is 1580. The first-order valence-electron chi connectivity index (χ1n) is 12.3. The molecule has 5 rings (SSSR count). The molecule has 1 aliphatic rings. The van der Waals surface area contributed by atoms with E-state index in [0.717, 1.165) is 0 Å². The zero-order valence-electron chi connectivity index (χ0n) is 21.0. The van der Waals surface area contributed by atoms with Gasteiger partial charge in [0.2, 0.25) is 11.9 Å². The van der Waals surface area contributed by atoms with Crippen LogP contribution in [-0.4, -0.2) is 69.7 Å². The minimum absolute atomic E-state index is 0.157. The maximum absolute atomic E-state index is 15.0. The summed E-state index contributed by atoms with van der Waals surface area (Å²) >= 11 is 0. The van der Waals surface area contributed by atoms with E-state index < -0.39 is 18.1 Å². The van der Waals surface area contributed by atoms with E-state index in [2.05, 4.69) is 32.2 Å². The number of anilines is 4. The zero-order valence-corrected chi connectivity index (χ0v) is 21.0. The summed E-state index contributed by atoms with van der Waals surface area (Å²) in [6.45, 7) is 6.03. The molecule has 3 heterocycles. The number of nitrogens with zero attached hydrogens (tertiary/aromatic N) is 6. The molecule has 0 bridgehead atoms. The summed E-state index contributed by atoms with van der Waals surface area (Å²) in [5, 5.41) is 5.88. The maximum Gasteiger partial charge on any atom is 0.283 e. The van der Waals surface area contributed by atoms with Crippen LogP contribution in [0.5, 0.6) is 0 Å². The van der Waals surface area contributed by atoms with Crippen LogP contribution in [0.2, 0.25) is 0 Å². The van der Waals surface area contributed by atoms with Crippen molar-refractivity contribution < 1.29 is 13.6 Å². The van der Waals surface area contributed by atoms with Crippen molar-refractivity contribution in [2.24, 2.45) is 0 Å². The Labute approximate surface area is 222 Å². The van der Waals surface area contributed by atoms with Crippen molar-refractivity contribution in [3.05, 3.63) is 83.8 Å². The molecule has 0 aliphatic carbocycles. The number of hydrogen-bond donors (Lipinski definition) is 2. The number of halogens is 2. The van der Waals surface area contributed by atoms with Gasteiger partial charge in [0.05, 0.1) is 11.4 Å². The smallest absolute Gasteiger partial charge is 0.283 e.